The summed E-state index contributed by atoms with van der Waals surface area (Å²) in [4.78, 5) is 13.5. The Labute approximate surface area is 85.3 Å². The van der Waals surface area contributed by atoms with Crippen LogP contribution in [0.25, 0.3) is 0 Å². The van der Waals surface area contributed by atoms with Gasteiger partial charge >= 0.3 is 0 Å². The van der Waals surface area contributed by atoms with Crippen LogP contribution in [-0.2, 0) is 4.79 Å². The van der Waals surface area contributed by atoms with Crippen LogP contribution >= 0.6 is 12.2 Å². The summed E-state index contributed by atoms with van der Waals surface area (Å²) in [6.45, 7) is 2.71. The van der Waals surface area contributed by atoms with Gasteiger partial charge in [0.2, 0.25) is 5.91 Å². The predicted octanol–water partition coefficient (Wildman–Crippen LogP) is 1.31. The molecule has 1 amide bonds. The highest BCUT2D eigenvalue weighted by Crippen LogP contribution is 1.99. The number of nitrogens with two attached hydrogens (primary N) is 1. The molecule has 0 unspecified atom stereocenters. The molecular formula is C9H18N2OS. The molecule has 0 heterocycles. The second kappa shape index (κ2) is 6.83. The Hall–Kier alpha value is -0.640. The molecule has 0 aromatic carbocycles. The van der Waals surface area contributed by atoms with Crippen LogP contribution in [-0.4, -0.2) is 29.4 Å². The molecule has 0 radical (unpaired) electrons. The quantitative estimate of drug-likeness (QED) is 0.661. The lowest BCUT2D eigenvalue weighted by atomic mass is 10.2. The summed E-state index contributed by atoms with van der Waals surface area (Å²) in [5.74, 6) is 0.179. The van der Waals surface area contributed by atoms with Crippen molar-refractivity contribution >= 4 is 23.1 Å². The third-order valence-corrected chi connectivity index (χ3v) is 2.07. The minimum Gasteiger partial charge on any atom is -0.393 e. The molecule has 0 bridgehead atoms. The van der Waals surface area contributed by atoms with E-state index in [-0.39, 0.29) is 5.91 Å². The van der Waals surface area contributed by atoms with Crippen LogP contribution in [0, 0.1) is 0 Å². The molecule has 13 heavy (non-hydrogen) atoms. The molecular weight excluding hydrogens is 184 g/mol. The summed E-state index contributed by atoms with van der Waals surface area (Å²) in [6.07, 6.45) is 3.25. The van der Waals surface area contributed by atoms with Gasteiger partial charge in [-0.25, -0.2) is 0 Å². The van der Waals surface area contributed by atoms with Crippen molar-refractivity contribution < 1.29 is 4.79 Å². The lowest BCUT2D eigenvalue weighted by molar-refractivity contribution is -0.129. The van der Waals surface area contributed by atoms with Gasteiger partial charge in [0, 0.05) is 26.4 Å². The zero-order valence-electron chi connectivity index (χ0n) is 8.38. The Morgan fingerprint density at radius 3 is 2.54 bits per heavy atom. The Kier molecular flexibility index (Phi) is 6.49. The van der Waals surface area contributed by atoms with Gasteiger partial charge in [0.25, 0.3) is 0 Å². The average molecular weight is 202 g/mol. The smallest absolute Gasteiger partial charge is 0.222 e. The molecule has 0 saturated carbocycles. The maximum atomic E-state index is 11.4. The fourth-order valence-electron chi connectivity index (χ4n) is 0.921. The Morgan fingerprint density at radius 2 is 2.08 bits per heavy atom. The van der Waals surface area contributed by atoms with E-state index >= 15 is 0 Å². The largest absolute Gasteiger partial charge is 0.393 e. The number of rotatable bonds is 6. The molecule has 0 aliphatic carbocycles. The van der Waals surface area contributed by atoms with Crippen molar-refractivity contribution in [3.63, 3.8) is 0 Å². The first-order valence-corrected chi connectivity index (χ1v) is 5.01. The molecule has 0 fully saturated rings. The van der Waals surface area contributed by atoms with Crippen LogP contribution in [0.4, 0.5) is 0 Å². The standard InChI is InChI=1S/C9H18N2OS/c1-3-4-5-9(12)11(2)7-6-8(10)13/h3-7H2,1-2H3,(H2,10,13). The molecule has 0 rings (SSSR count). The minimum absolute atomic E-state index is 0.179. The Bertz CT molecular complexity index is 182. The zero-order valence-corrected chi connectivity index (χ0v) is 9.19. The van der Waals surface area contributed by atoms with E-state index < -0.39 is 0 Å². The van der Waals surface area contributed by atoms with Crippen molar-refractivity contribution in [1.29, 1.82) is 0 Å². The highest BCUT2D eigenvalue weighted by molar-refractivity contribution is 7.80. The van der Waals surface area contributed by atoms with Crippen LogP contribution in [0.2, 0.25) is 0 Å². The maximum absolute atomic E-state index is 11.4. The van der Waals surface area contributed by atoms with Crippen molar-refractivity contribution in [2.75, 3.05) is 13.6 Å². The van der Waals surface area contributed by atoms with Crippen LogP contribution in [0.1, 0.15) is 32.6 Å². The average Bonchev–Trinajstić information content (AvgIpc) is 2.10. The molecule has 4 heteroatoms. The van der Waals surface area contributed by atoms with E-state index in [1.54, 1.807) is 11.9 Å². The first-order chi connectivity index (χ1) is 6.07. The van der Waals surface area contributed by atoms with Crippen molar-refractivity contribution in [3.05, 3.63) is 0 Å². The summed E-state index contributed by atoms with van der Waals surface area (Å²) >= 11 is 4.73. The van der Waals surface area contributed by atoms with Crippen LogP contribution in [0.15, 0.2) is 0 Å². The SMILES string of the molecule is CCCCC(=O)N(C)CCC(N)=S. The maximum Gasteiger partial charge on any atom is 0.222 e. The van der Waals surface area contributed by atoms with Crippen molar-refractivity contribution in [1.82, 2.24) is 4.90 Å². The monoisotopic (exact) mass is 202 g/mol. The molecule has 2 N–H and O–H groups in total. The van der Waals surface area contributed by atoms with Crippen molar-refractivity contribution in [3.8, 4) is 0 Å². The third-order valence-electron chi connectivity index (χ3n) is 1.86. The first kappa shape index (κ1) is 12.4. The third kappa shape index (κ3) is 6.51. The fourth-order valence-corrected chi connectivity index (χ4v) is 1.01. The zero-order chi connectivity index (χ0) is 10.3. The molecule has 3 nitrogen and oxygen atoms in total. The molecule has 0 aromatic heterocycles. The molecule has 0 spiro atoms. The van der Waals surface area contributed by atoms with Gasteiger partial charge in [0.15, 0.2) is 0 Å². The van der Waals surface area contributed by atoms with Crippen LogP contribution in [0.5, 0.6) is 0 Å². The molecule has 76 valence electrons. The number of carbonyl (C=O) groups is 1. The van der Waals surface area contributed by atoms with E-state index in [4.69, 9.17) is 18.0 Å². The summed E-state index contributed by atoms with van der Waals surface area (Å²) in [5.41, 5.74) is 5.33. The van der Waals surface area contributed by atoms with Gasteiger partial charge in [-0.1, -0.05) is 25.6 Å². The van der Waals surface area contributed by atoms with E-state index in [0.717, 1.165) is 12.8 Å². The van der Waals surface area contributed by atoms with Gasteiger partial charge in [0.1, 0.15) is 0 Å². The molecule has 0 aliphatic heterocycles. The number of amides is 1. The normalized spacial score (nSPS) is 9.69. The number of carbonyl (C=O) groups excluding carboxylic acids is 1. The predicted molar refractivity (Wildman–Crippen MR) is 58.6 cm³/mol. The summed E-state index contributed by atoms with van der Waals surface area (Å²) in [6, 6.07) is 0. The molecule has 0 aromatic rings. The molecule has 0 aliphatic rings. The van der Waals surface area contributed by atoms with Gasteiger partial charge in [-0.05, 0) is 6.42 Å². The van der Waals surface area contributed by atoms with Crippen molar-refractivity contribution in [2.24, 2.45) is 5.73 Å². The van der Waals surface area contributed by atoms with Gasteiger partial charge < -0.3 is 10.6 Å². The number of hydrogen-bond acceptors (Lipinski definition) is 2. The van der Waals surface area contributed by atoms with E-state index in [9.17, 15) is 4.79 Å². The first-order valence-electron chi connectivity index (χ1n) is 4.60. The second-order valence-corrected chi connectivity index (χ2v) is 3.66. The summed E-state index contributed by atoms with van der Waals surface area (Å²) < 4.78 is 0. The summed E-state index contributed by atoms with van der Waals surface area (Å²) in [7, 11) is 1.79. The van der Waals surface area contributed by atoms with Gasteiger partial charge in [-0.3, -0.25) is 4.79 Å². The Balaban J connectivity index is 3.62. The van der Waals surface area contributed by atoms with E-state index in [2.05, 4.69) is 6.92 Å². The van der Waals surface area contributed by atoms with Gasteiger partial charge in [-0.2, -0.15) is 0 Å². The number of unbranched alkanes of at least 4 members (excludes halogenated alkanes) is 1. The van der Waals surface area contributed by atoms with Crippen LogP contribution in [0.3, 0.4) is 0 Å². The number of thiocarbonyl (C=S) groups is 1. The number of nitrogens with zero attached hydrogens (tertiary/aromatic N) is 1. The lowest BCUT2D eigenvalue weighted by Gasteiger charge is -2.16. The van der Waals surface area contributed by atoms with E-state index in [1.807, 2.05) is 0 Å². The highest BCUT2D eigenvalue weighted by atomic mass is 32.1. The fraction of sp³-hybridized carbons (Fsp3) is 0.778. The van der Waals surface area contributed by atoms with Crippen LogP contribution < -0.4 is 5.73 Å². The second-order valence-electron chi connectivity index (χ2n) is 3.14. The molecule has 0 atom stereocenters. The van der Waals surface area contributed by atoms with Crippen molar-refractivity contribution in [2.45, 2.75) is 32.6 Å². The number of hydrogen-bond donors (Lipinski definition) is 1. The topological polar surface area (TPSA) is 46.3 Å². The Morgan fingerprint density at radius 1 is 1.46 bits per heavy atom. The van der Waals surface area contributed by atoms with Gasteiger partial charge in [0.05, 0.1) is 4.99 Å². The van der Waals surface area contributed by atoms with E-state index in [1.165, 1.54) is 0 Å². The highest BCUT2D eigenvalue weighted by Gasteiger charge is 2.07. The van der Waals surface area contributed by atoms with Gasteiger partial charge in [-0.15, -0.1) is 0 Å². The minimum atomic E-state index is 0.179. The summed E-state index contributed by atoms with van der Waals surface area (Å²) in [5, 5.41) is 0. The lowest BCUT2D eigenvalue weighted by Crippen LogP contribution is -2.29. The molecule has 0 saturated heterocycles. The van der Waals surface area contributed by atoms with E-state index in [0.29, 0.717) is 24.4 Å².